The number of nitrogens with zero attached hydrogens (tertiary/aromatic N) is 1. The SMILES string of the molecule is CC1(C)c2ccccc2-c2c(N(c3ccc4c(c3)C3(c5c(F)cccc5-4)C4CC5CC(C4)CC3C5)c3ccc4ccccc4c3)cccc21. The van der Waals surface area contributed by atoms with E-state index in [9.17, 15) is 0 Å². The van der Waals surface area contributed by atoms with Crippen LogP contribution in [0, 0.1) is 29.5 Å². The van der Waals surface area contributed by atoms with Crippen LogP contribution in [0.5, 0.6) is 0 Å². The summed E-state index contributed by atoms with van der Waals surface area (Å²) in [4.78, 5) is 2.51. The van der Waals surface area contributed by atoms with Crippen molar-refractivity contribution in [3.8, 4) is 22.3 Å². The van der Waals surface area contributed by atoms with Crippen molar-refractivity contribution in [2.45, 2.75) is 56.8 Å². The first-order valence-electron chi connectivity index (χ1n) is 18.4. The minimum absolute atomic E-state index is 0.00572. The minimum atomic E-state index is -0.248. The van der Waals surface area contributed by atoms with Gasteiger partial charge in [0.25, 0.3) is 0 Å². The number of hydrogen-bond donors (Lipinski definition) is 0. The van der Waals surface area contributed by atoms with Crippen molar-refractivity contribution in [1.29, 1.82) is 0 Å². The highest BCUT2D eigenvalue weighted by atomic mass is 19.1. The van der Waals surface area contributed by atoms with E-state index in [1.807, 2.05) is 6.07 Å². The topological polar surface area (TPSA) is 3.24 Å². The van der Waals surface area contributed by atoms with Crippen LogP contribution in [-0.2, 0) is 10.8 Å². The maximum absolute atomic E-state index is 16.4. The molecular formula is C47H40FN. The summed E-state index contributed by atoms with van der Waals surface area (Å²) in [6.45, 7) is 4.72. The van der Waals surface area contributed by atoms with Crippen molar-refractivity contribution in [3.63, 3.8) is 0 Å². The maximum Gasteiger partial charge on any atom is 0.127 e. The van der Waals surface area contributed by atoms with Gasteiger partial charge >= 0.3 is 0 Å². The number of benzene rings is 6. The first-order valence-corrected chi connectivity index (χ1v) is 18.4. The van der Waals surface area contributed by atoms with E-state index in [4.69, 9.17) is 0 Å². The van der Waals surface area contributed by atoms with Gasteiger partial charge < -0.3 is 4.90 Å². The lowest BCUT2D eigenvalue weighted by Gasteiger charge is -2.61. The Labute approximate surface area is 288 Å². The molecule has 6 aromatic rings. The average Bonchev–Trinajstić information content (AvgIpc) is 3.54. The Morgan fingerprint density at radius 1 is 0.551 bits per heavy atom. The van der Waals surface area contributed by atoms with Gasteiger partial charge in [0.15, 0.2) is 0 Å². The zero-order valence-electron chi connectivity index (χ0n) is 28.2. The normalized spacial score (nSPS) is 26.1. The molecule has 0 atom stereocenters. The monoisotopic (exact) mass is 637 g/mol. The molecule has 12 rings (SSSR count). The van der Waals surface area contributed by atoms with E-state index in [0.717, 1.165) is 34.3 Å². The summed E-state index contributed by atoms with van der Waals surface area (Å²) < 4.78 is 16.4. The summed E-state index contributed by atoms with van der Waals surface area (Å²) in [6.07, 6.45) is 6.31. The van der Waals surface area contributed by atoms with Crippen LogP contribution in [0.15, 0.2) is 121 Å². The molecular weight excluding hydrogens is 598 g/mol. The molecule has 6 aliphatic rings. The van der Waals surface area contributed by atoms with Crippen molar-refractivity contribution in [1.82, 2.24) is 0 Å². The second-order valence-electron chi connectivity index (χ2n) is 16.3. The van der Waals surface area contributed by atoms with E-state index in [2.05, 4.69) is 128 Å². The van der Waals surface area contributed by atoms with Crippen LogP contribution in [0.3, 0.4) is 0 Å². The second-order valence-corrected chi connectivity index (χ2v) is 16.3. The van der Waals surface area contributed by atoms with Crippen LogP contribution >= 0.6 is 0 Å². The molecule has 4 saturated carbocycles. The van der Waals surface area contributed by atoms with Gasteiger partial charge in [0.05, 0.1) is 5.69 Å². The van der Waals surface area contributed by atoms with Crippen LogP contribution in [0.1, 0.15) is 68.2 Å². The van der Waals surface area contributed by atoms with Gasteiger partial charge in [0.1, 0.15) is 5.82 Å². The Balaban J connectivity index is 1.19. The van der Waals surface area contributed by atoms with Crippen LogP contribution in [0.4, 0.5) is 21.5 Å². The fourth-order valence-electron chi connectivity index (χ4n) is 12.0. The van der Waals surface area contributed by atoms with Crippen LogP contribution in [0.25, 0.3) is 33.0 Å². The summed E-state index contributed by atoms with van der Waals surface area (Å²) in [6, 6.07) is 44.4. The molecule has 0 saturated heterocycles. The summed E-state index contributed by atoms with van der Waals surface area (Å²) in [5.74, 6) is 2.60. The van der Waals surface area contributed by atoms with Gasteiger partial charge in [0, 0.05) is 33.3 Å². The summed E-state index contributed by atoms with van der Waals surface area (Å²) in [5, 5.41) is 2.47. The molecule has 6 aliphatic carbocycles. The van der Waals surface area contributed by atoms with Gasteiger partial charge in [-0.2, -0.15) is 0 Å². The molecule has 0 heterocycles. The standard InChI is InChI=1S/C47H40FN/c1-46(2)39-13-6-5-11-38(39)44-40(46)14-8-16-43(44)49(34-18-17-30-9-3-4-10-31(30)26-34)35-19-20-36-37-12-7-15-42(48)45(37)47(41(36)27-35)32-22-28-21-29(24-32)25-33(47)23-28/h3-20,26-29,32-33H,21-25H2,1-2H3. The van der Waals surface area contributed by atoms with Crippen molar-refractivity contribution in [2.75, 3.05) is 4.90 Å². The molecule has 6 aromatic carbocycles. The number of fused-ring (bicyclic) bond motifs is 7. The van der Waals surface area contributed by atoms with Gasteiger partial charge in [-0.1, -0.05) is 98.8 Å². The third-order valence-corrected chi connectivity index (χ3v) is 13.7. The lowest BCUT2D eigenvalue weighted by molar-refractivity contribution is -0.0411. The molecule has 0 unspecified atom stereocenters. The Bertz CT molecular complexity index is 2340. The largest absolute Gasteiger partial charge is 0.310 e. The number of hydrogen-bond acceptors (Lipinski definition) is 1. The zero-order valence-corrected chi connectivity index (χ0v) is 28.2. The molecule has 240 valence electrons. The summed E-state index contributed by atoms with van der Waals surface area (Å²) >= 11 is 0. The average molecular weight is 638 g/mol. The van der Waals surface area contributed by atoms with Crippen LogP contribution < -0.4 is 4.90 Å². The van der Waals surface area contributed by atoms with E-state index in [-0.39, 0.29) is 16.6 Å². The van der Waals surface area contributed by atoms with Gasteiger partial charge in [-0.05, 0) is 136 Å². The fourth-order valence-corrected chi connectivity index (χ4v) is 12.0. The molecule has 0 N–H and O–H groups in total. The Kier molecular flexibility index (Phi) is 5.59. The molecule has 4 fully saturated rings. The van der Waals surface area contributed by atoms with Crippen LogP contribution in [0.2, 0.25) is 0 Å². The molecule has 4 bridgehead atoms. The van der Waals surface area contributed by atoms with E-state index in [1.165, 1.54) is 81.9 Å². The minimum Gasteiger partial charge on any atom is -0.310 e. The highest BCUT2D eigenvalue weighted by Gasteiger charge is 2.62. The predicted octanol–water partition coefficient (Wildman–Crippen LogP) is 12.5. The summed E-state index contributed by atoms with van der Waals surface area (Å²) in [7, 11) is 0. The van der Waals surface area contributed by atoms with Crippen molar-refractivity contribution in [3.05, 3.63) is 149 Å². The highest BCUT2D eigenvalue weighted by molar-refractivity contribution is 5.97. The molecule has 0 aliphatic heterocycles. The first kappa shape index (κ1) is 28.2. The lowest BCUT2D eigenvalue weighted by Crippen LogP contribution is -2.55. The maximum atomic E-state index is 16.4. The van der Waals surface area contributed by atoms with Gasteiger partial charge in [-0.3, -0.25) is 0 Å². The molecule has 1 nitrogen and oxygen atoms in total. The van der Waals surface area contributed by atoms with E-state index in [1.54, 1.807) is 6.07 Å². The Morgan fingerprint density at radius 3 is 2.02 bits per heavy atom. The third-order valence-electron chi connectivity index (χ3n) is 13.7. The van der Waals surface area contributed by atoms with E-state index in [0.29, 0.717) is 11.8 Å². The Hall–Kier alpha value is -4.69. The molecule has 2 heteroatoms. The Morgan fingerprint density at radius 2 is 1.20 bits per heavy atom. The molecule has 1 spiro atoms. The van der Waals surface area contributed by atoms with E-state index >= 15 is 4.39 Å². The lowest BCUT2D eigenvalue weighted by atomic mass is 9.43. The van der Waals surface area contributed by atoms with Crippen molar-refractivity contribution >= 4 is 27.8 Å². The van der Waals surface area contributed by atoms with Gasteiger partial charge in [-0.25, -0.2) is 4.39 Å². The second kappa shape index (κ2) is 9.72. The van der Waals surface area contributed by atoms with Crippen molar-refractivity contribution < 1.29 is 4.39 Å². The fraction of sp³-hybridized carbons (Fsp3) is 0.277. The third kappa shape index (κ3) is 3.60. The predicted molar refractivity (Wildman–Crippen MR) is 199 cm³/mol. The molecule has 49 heavy (non-hydrogen) atoms. The van der Waals surface area contributed by atoms with E-state index < -0.39 is 0 Å². The van der Waals surface area contributed by atoms with Gasteiger partial charge in [0.2, 0.25) is 0 Å². The highest BCUT2D eigenvalue weighted by Crippen LogP contribution is 2.70. The smallest absolute Gasteiger partial charge is 0.127 e. The quantitative estimate of drug-likeness (QED) is 0.187. The molecule has 0 aromatic heterocycles. The molecule has 0 amide bonds. The van der Waals surface area contributed by atoms with Crippen molar-refractivity contribution in [2.24, 2.45) is 23.7 Å². The van der Waals surface area contributed by atoms with Gasteiger partial charge in [-0.15, -0.1) is 0 Å². The number of halogens is 1. The number of rotatable bonds is 3. The number of anilines is 3. The summed E-state index contributed by atoms with van der Waals surface area (Å²) in [5.41, 5.74) is 13.3. The zero-order chi connectivity index (χ0) is 32.6. The van der Waals surface area contributed by atoms with Crippen LogP contribution in [-0.4, -0.2) is 0 Å². The first-order chi connectivity index (χ1) is 23.9. The molecule has 0 radical (unpaired) electrons.